The molecule has 0 bridgehead atoms. The maximum atomic E-state index is 13.4. The second kappa shape index (κ2) is 8.33. The first-order valence-electron chi connectivity index (χ1n) is 8.15. The van der Waals surface area contributed by atoms with Crippen molar-refractivity contribution in [2.45, 2.75) is 26.7 Å². The second-order valence-corrected chi connectivity index (χ2v) is 6.89. The fraction of sp³-hybridized carbons (Fsp3) is 0.529. The van der Waals surface area contributed by atoms with Crippen LogP contribution >= 0.6 is 11.6 Å². The van der Waals surface area contributed by atoms with Gasteiger partial charge in [0.2, 0.25) is 5.91 Å². The minimum absolute atomic E-state index is 0.0127. The van der Waals surface area contributed by atoms with Crippen LogP contribution in [0.15, 0.2) is 18.2 Å². The van der Waals surface area contributed by atoms with Crippen molar-refractivity contribution in [1.29, 1.82) is 0 Å². The van der Waals surface area contributed by atoms with Gasteiger partial charge in [0, 0.05) is 25.3 Å². The number of rotatable bonds is 4. The Balaban J connectivity index is 1.92. The molecule has 0 saturated carbocycles. The highest BCUT2D eigenvalue weighted by atomic mass is 35.5. The van der Waals surface area contributed by atoms with Crippen molar-refractivity contribution in [2.24, 2.45) is 11.8 Å². The van der Waals surface area contributed by atoms with Crippen LogP contribution in [0.25, 0.3) is 0 Å². The van der Waals surface area contributed by atoms with Gasteiger partial charge >= 0.3 is 6.03 Å². The molecule has 0 spiro atoms. The van der Waals surface area contributed by atoms with Gasteiger partial charge in [-0.15, -0.1) is 0 Å². The van der Waals surface area contributed by atoms with E-state index in [0.717, 1.165) is 6.42 Å². The predicted molar refractivity (Wildman–Crippen MR) is 92.6 cm³/mol. The van der Waals surface area contributed by atoms with Crippen LogP contribution < -0.4 is 10.6 Å². The molecule has 1 aromatic carbocycles. The number of hydrogen-bond donors (Lipinski definition) is 2. The van der Waals surface area contributed by atoms with Gasteiger partial charge in [-0.2, -0.15) is 0 Å². The number of benzene rings is 1. The normalized spacial score (nSPS) is 17.7. The van der Waals surface area contributed by atoms with E-state index in [1.165, 1.54) is 12.1 Å². The third-order valence-electron chi connectivity index (χ3n) is 3.93. The van der Waals surface area contributed by atoms with Crippen LogP contribution in [0.4, 0.5) is 14.9 Å². The molecule has 0 aliphatic carbocycles. The second-order valence-electron chi connectivity index (χ2n) is 6.48. The average Bonchev–Trinajstić information content (AvgIpc) is 2.56. The van der Waals surface area contributed by atoms with Crippen LogP contribution in [0.1, 0.15) is 26.7 Å². The first kappa shape index (κ1) is 18.5. The van der Waals surface area contributed by atoms with Gasteiger partial charge in [-0.25, -0.2) is 9.18 Å². The van der Waals surface area contributed by atoms with Gasteiger partial charge < -0.3 is 15.5 Å². The number of hydrogen-bond acceptors (Lipinski definition) is 2. The van der Waals surface area contributed by atoms with E-state index in [9.17, 15) is 14.0 Å². The van der Waals surface area contributed by atoms with E-state index >= 15 is 0 Å². The predicted octanol–water partition coefficient (Wildman–Crippen LogP) is 3.50. The van der Waals surface area contributed by atoms with Gasteiger partial charge in [-0.05, 0) is 37.0 Å². The van der Waals surface area contributed by atoms with Gasteiger partial charge in [0.25, 0.3) is 0 Å². The van der Waals surface area contributed by atoms with E-state index in [4.69, 9.17) is 11.6 Å². The molecule has 3 amide bonds. The van der Waals surface area contributed by atoms with E-state index in [1.54, 1.807) is 11.0 Å². The highest BCUT2D eigenvalue weighted by Crippen LogP contribution is 2.22. The molecule has 132 valence electrons. The van der Waals surface area contributed by atoms with Crippen molar-refractivity contribution in [3.63, 3.8) is 0 Å². The smallest absolute Gasteiger partial charge is 0.317 e. The minimum atomic E-state index is -0.576. The van der Waals surface area contributed by atoms with Crippen molar-refractivity contribution in [3.8, 4) is 0 Å². The summed E-state index contributed by atoms with van der Waals surface area (Å²) >= 11 is 5.63. The Labute approximate surface area is 146 Å². The van der Waals surface area contributed by atoms with Crippen LogP contribution in [-0.4, -0.2) is 36.5 Å². The number of carbonyl (C=O) groups is 2. The molecule has 1 saturated heterocycles. The SMILES string of the molecule is CC(C)CNC(=O)N1CCCC(C(=O)Nc2ccc(Cl)c(F)c2)C1. The lowest BCUT2D eigenvalue weighted by Crippen LogP contribution is -2.48. The maximum Gasteiger partial charge on any atom is 0.317 e. The van der Waals surface area contributed by atoms with E-state index in [0.29, 0.717) is 37.7 Å². The summed E-state index contributed by atoms with van der Waals surface area (Å²) in [4.78, 5) is 26.2. The molecule has 24 heavy (non-hydrogen) atoms. The van der Waals surface area contributed by atoms with Crippen LogP contribution in [0.2, 0.25) is 5.02 Å². The molecular weight excluding hydrogens is 333 g/mol. The number of anilines is 1. The number of urea groups is 1. The van der Waals surface area contributed by atoms with Crippen LogP contribution in [0.5, 0.6) is 0 Å². The van der Waals surface area contributed by atoms with E-state index < -0.39 is 5.82 Å². The molecule has 0 aromatic heterocycles. The standard InChI is InChI=1S/C17H23ClFN3O2/c1-11(2)9-20-17(24)22-7-3-4-12(10-22)16(23)21-13-5-6-14(18)15(19)8-13/h5-6,8,11-12H,3-4,7,9-10H2,1-2H3,(H,20,24)(H,21,23). The average molecular weight is 356 g/mol. The number of halogens is 2. The molecular formula is C17H23ClFN3O2. The van der Waals surface area contributed by atoms with Crippen molar-refractivity contribution in [3.05, 3.63) is 29.0 Å². The third kappa shape index (κ3) is 5.09. The Kier molecular flexibility index (Phi) is 6.43. The Morgan fingerprint density at radius 2 is 2.17 bits per heavy atom. The Hall–Kier alpha value is -1.82. The molecule has 1 aromatic rings. The Bertz CT molecular complexity index is 609. The summed E-state index contributed by atoms with van der Waals surface area (Å²) in [5, 5.41) is 5.57. The number of carbonyl (C=O) groups excluding carboxylic acids is 2. The van der Waals surface area contributed by atoms with Crippen LogP contribution in [0.3, 0.4) is 0 Å². The number of piperidine rings is 1. The lowest BCUT2D eigenvalue weighted by Gasteiger charge is -2.32. The van der Waals surface area contributed by atoms with E-state index in [1.807, 2.05) is 13.8 Å². The van der Waals surface area contributed by atoms with Gasteiger partial charge in [0.15, 0.2) is 0 Å². The van der Waals surface area contributed by atoms with Crippen molar-refractivity contribution < 1.29 is 14.0 Å². The van der Waals surface area contributed by atoms with Crippen molar-refractivity contribution in [2.75, 3.05) is 25.0 Å². The maximum absolute atomic E-state index is 13.4. The number of nitrogens with one attached hydrogen (secondary N) is 2. The van der Waals surface area contributed by atoms with Crippen LogP contribution in [0, 0.1) is 17.7 Å². The highest BCUT2D eigenvalue weighted by molar-refractivity contribution is 6.30. The molecule has 1 aliphatic heterocycles. The minimum Gasteiger partial charge on any atom is -0.338 e. The Morgan fingerprint density at radius 3 is 2.83 bits per heavy atom. The third-order valence-corrected chi connectivity index (χ3v) is 4.23. The molecule has 1 atom stereocenters. The zero-order valence-corrected chi connectivity index (χ0v) is 14.7. The molecule has 5 nitrogen and oxygen atoms in total. The van der Waals surface area contributed by atoms with E-state index in [2.05, 4.69) is 10.6 Å². The molecule has 1 heterocycles. The molecule has 1 aliphatic rings. The van der Waals surface area contributed by atoms with Gasteiger partial charge in [0.05, 0.1) is 10.9 Å². The number of likely N-dealkylation sites (tertiary alicyclic amines) is 1. The lowest BCUT2D eigenvalue weighted by molar-refractivity contribution is -0.121. The monoisotopic (exact) mass is 355 g/mol. The summed E-state index contributed by atoms with van der Waals surface area (Å²) in [6, 6.07) is 4.01. The lowest BCUT2D eigenvalue weighted by atomic mass is 9.97. The van der Waals surface area contributed by atoms with Gasteiger partial charge in [0.1, 0.15) is 5.82 Å². The first-order valence-corrected chi connectivity index (χ1v) is 8.53. The summed E-state index contributed by atoms with van der Waals surface area (Å²) in [6.45, 7) is 5.67. The fourth-order valence-corrected chi connectivity index (χ4v) is 2.71. The first-order chi connectivity index (χ1) is 11.4. The largest absolute Gasteiger partial charge is 0.338 e. The zero-order chi connectivity index (χ0) is 17.7. The highest BCUT2D eigenvalue weighted by Gasteiger charge is 2.28. The quantitative estimate of drug-likeness (QED) is 0.868. The summed E-state index contributed by atoms with van der Waals surface area (Å²) in [6.07, 6.45) is 1.47. The number of nitrogens with zero attached hydrogens (tertiary/aromatic N) is 1. The van der Waals surface area contributed by atoms with Gasteiger partial charge in [-0.1, -0.05) is 25.4 Å². The summed E-state index contributed by atoms with van der Waals surface area (Å²) in [5.74, 6) is -0.717. The van der Waals surface area contributed by atoms with Gasteiger partial charge in [-0.3, -0.25) is 4.79 Å². The van der Waals surface area contributed by atoms with Crippen LogP contribution in [-0.2, 0) is 4.79 Å². The Morgan fingerprint density at radius 1 is 1.42 bits per heavy atom. The van der Waals surface area contributed by atoms with Crippen molar-refractivity contribution >= 4 is 29.2 Å². The molecule has 7 heteroatoms. The molecule has 2 rings (SSSR count). The van der Waals surface area contributed by atoms with E-state index in [-0.39, 0.29) is 22.9 Å². The molecule has 1 unspecified atom stereocenters. The summed E-state index contributed by atoms with van der Waals surface area (Å²) in [7, 11) is 0. The zero-order valence-electron chi connectivity index (χ0n) is 13.9. The molecule has 1 fully saturated rings. The fourth-order valence-electron chi connectivity index (χ4n) is 2.60. The van der Waals surface area contributed by atoms with Crippen molar-refractivity contribution in [1.82, 2.24) is 10.2 Å². The summed E-state index contributed by atoms with van der Waals surface area (Å²) < 4.78 is 13.4. The molecule has 2 N–H and O–H groups in total. The summed E-state index contributed by atoms with van der Waals surface area (Å²) in [5.41, 5.74) is 0.364. The topological polar surface area (TPSA) is 61.4 Å². The number of amides is 3. The molecule has 0 radical (unpaired) electrons.